The Morgan fingerprint density at radius 1 is 1.19 bits per heavy atom. The van der Waals surface area contributed by atoms with Gasteiger partial charge in [0.2, 0.25) is 0 Å². The molecule has 7 nitrogen and oxygen atoms in total. The number of nitrogens with zero attached hydrogens (tertiary/aromatic N) is 4. The average Bonchev–Trinajstić information content (AvgIpc) is 3.15. The fourth-order valence-corrected chi connectivity index (χ4v) is 6.40. The van der Waals surface area contributed by atoms with E-state index in [0.29, 0.717) is 35.4 Å². The van der Waals surface area contributed by atoms with Gasteiger partial charge in [-0.1, -0.05) is 11.8 Å². The summed E-state index contributed by atoms with van der Waals surface area (Å²) in [6.07, 6.45) is 6.01. The first-order valence-electron chi connectivity index (χ1n) is 10.7. The Balaban J connectivity index is 1.54. The second kappa shape index (κ2) is 8.80. The zero-order chi connectivity index (χ0) is 22.2. The van der Waals surface area contributed by atoms with Gasteiger partial charge in [0.1, 0.15) is 10.5 Å². The largest absolute Gasteiger partial charge is 0.383 e. The molecule has 0 aliphatic heterocycles. The van der Waals surface area contributed by atoms with Crippen LogP contribution in [0, 0.1) is 6.92 Å². The highest BCUT2D eigenvalue weighted by Gasteiger charge is 2.22. The van der Waals surface area contributed by atoms with Crippen molar-refractivity contribution in [2.75, 3.05) is 13.7 Å². The Bertz CT molecular complexity index is 1440. The van der Waals surface area contributed by atoms with Gasteiger partial charge in [-0.3, -0.25) is 18.6 Å². The summed E-state index contributed by atoms with van der Waals surface area (Å²) in [7, 11) is 1.63. The summed E-state index contributed by atoms with van der Waals surface area (Å²) in [5, 5.41) is 1.42. The van der Waals surface area contributed by atoms with Crippen LogP contribution in [0.4, 0.5) is 0 Å². The maximum Gasteiger partial charge on any atom is 0.263 e. The van der Waals surface area contributed by atoms with E-state index in [0.717, 1.165) is 35.0 Å². The molecular weight excluding hydrogens is 444 g/mol. The fourth-order valence-electron chi connectivity index (χ4n) is 4.18. The van der Waals surface area contributed by atoms with Crippen LogP contribution >= 0.6 is 23.1 Å². The zero-order valence-corrected chi connectivity index (χ0v) is 19.7. The average molecular weight is 469 g/mol. The van der Waals surface area contributed by atoms with Crippen molar-refractivity contribution in [3.63, 3.8) is 0 Å². The third-order valence-corrected chi connectivity index (χ3v) is 7.98. The topological polar surface area (TPSA) is 78.5 Å². The predicted octanol–water partition coefficient (Wildman–Crippen LogP) is 3.59. The maximum absolute atomic E-state index is 13.5. The lowest BCUT2D eigenvalue weighted by atomic mass is 9.97. The fraction of sp³-hybridized carbons (Fsp3) is 0.391. The molecule has 9 heteroatoms. The van der Waals surface area contributed by atoms with Crippen LogP contribution < -0.4 is 11.1 Å². The van der Waals surface area contributed by atoms with Gasteiger partial charge in [-0.05, 0) is 55.9 Å². The molecule has 0 amide bonds. The lowest BCUT2D eigenvalue weighted by molar-refractivity contribution is 0.183. The number of rotatable bonds is 6. The van der Waals surface area contributed by atoms with Gasteiger partial charge >= 0.3 is 0 Å². The third-order valence-electron chi connectivity index (χ3n) is 5.78. The summed E-state index contributed by atoms with van der Waals surface area (Å²) >= 11 is 3.09. The van der Waals surface area contributed by atoms with E-state index < -0.39 is 0 Å². The van der Waals surface area contributed by atoms with Crippen molar-refractivity contribution < 1.29 is 4.74 Å². The second-order valence-corrected chi connectivity index (χ2v) is 10.1. The first-order valence-corrected chi connectivity index (χ1v) is 12.5. The van der Waals surface area contributed by atoms with E-state index in [1.54, 1.807) is 35.3 Å². The van der Waals surface area contributed by atoms with Gasteiger partial charge in [0.15, 0.2) is 5.16 Å². The zero-order valence-electron chi connectivity index (χ0n) is 18.1. The molecule has 1 aliphatic carbocycles. The van der Waals surface area contributed by atoms with Crippen molar-refractivity contribution in [3.8, 4) is 0 Å². The monoisotopic (exact) mass is 468 g/mol. The SMILES string of the molecule is COCCn1c(SCc2cc(=O)n3ccc(C)cc3n2)nc2sc3c(c2c1=O)CCCC3. The van der Waals surface area contributed by atoms with Crippen molar-refractivity contribution in [2.24, 2.45) is 0 Å². The molecule has 0 radical (unpaired) electrons. The lowest BCUT2D eigenvalue weighted by Crippen LogP contribution is -2.25. The third kappa shape index (κ3) is 3.89. The molecular formula is C23H24N4O3S2. The molecule has 0 aromatic carbocycles. The van der Waals surface area contributed by atoms with Crippen molar-refractivity contribution >= 4 is 39.0 Å². The molecule has 0 unspecified atom stereocenters. The van der Waals surface area contributed by atoms with Gasteiger partial charge in [-0.15, -0.1) is 11.3 Å². The summed E-state index contributed by atoms with van der Waals surface area (Å²) in [6, 6.07) is 5.33. The Labute approximate surface area is 193 Å². The van der Waals surface area contributed by atoms with Crippen molar-refractivity contribution in [1.29, 1.82) is 0 Å². The second-order valence-electron chi connectivity index (χ2n) is 8.04. The molecule has 0 N–H and O–H groups in total. The molecule has 0 saturated heterocycles. The van der Waals surface area contributed by atoms with Crippen molar-refractivity contribution in [1.82, 2.24) is 18.9 Å². The number of thioether (sulfide) groups is 1. The predicted molar refractivity (Wildman–Crippen MR) is 128 cm³/mol. The van der Waals surface area contributed by atoms with E-state index in [9.17, 15) is 9.59 Å². The van der Waals surface area contributed by atoms with Crippen LogP contribution in [0.3, 0.4) is 0 Å². The molecule has 166 valence electrons. The van der Waals surface area contributed by atoms with Crippen LogP contribution in [0.5, 0.6) is 0 Å². The molecule has 5 rings (SSSR count). The molecule has 0 saturated carbocycles. The van der Waals surface area contributed by atoms with Crippen LogP contribution in [0.2, 0.25) is 0 Å². The molecule has 4 heterocycles. The van der Waals surface area contributed by atoms with E-state index in [1.165, 1.54) is 33.0 Å². The number of aromatic nitrogens is 4. The summed E-state index contributed by atoms with van der Waals surface area (Å²) < 4.78 is 8.51. The summed E-state index contributed by atoms with van der Waals surface area (Å²) in [5.74, 6) is 0.454. The van der Waals surface area contributed by atoms with E-state index in [1.807, 2.05) is 19.1 Å². The van der Waals surface area contributed by atoms with Crippen molar-refractivity contribution in [2.45, 2.75) is 50.1 Å². The minimum absolute atomic E-state index is 0.0103. The Morgan fingerprint density at radius 3 is 2.88 bits per heavy atom. The molecule has 0 bridgehead atoms. The first-order chi connectivity index (χ1) is 15.5. The van der Waals surface area contributed by atoms with Crippen LogP contribution in [0.15, 0.2) is 39.1 Å². The van der Waals surface area contributed by atoms with Gasteiger partial charge in [0.05, 0.1) is 24.2 Å². The lowest BCUT2D eigenvalue weighted by Gasteiger charge is -2.13. The quantitative estimate of drug-likeness (QED) is 0.318. The Hall–Kier alpha value is -2.49. The molecule has 32 heavy (non-hydrogen) atoms. The molecule has 4 aromatic rings. The molecule has 0 spiro atoms. The molecule has 0 atom stereocenters. The number of pyridine rings is 1. The van der Waals surface area contributed by atoms with E-state index in [-0.39, 0.29) is 11.1 Å². The number of hydrogen-bond donors (Lipinski definition) is 0. The van der Waals surface area contributed by atoms with E-state index in [2.05, 4.69) is 4.98 Å². The van der Waals surface area contributed by atoms with Crippen LogP contribution in [0.1, 0.15) is 34.5 Å². The highest BCUT2D eigenvalue weighted by Crippen LogP contribution is 2.35. The normalized spacial score (nSPS) is 13.7. The number of hydrogen-bond acceptors (Lipinski definition) is 7. The minimum Gasteiger partial charge on any atom is -0.383 e. The number of aryl methyl sites for hydroxylation is 3. The molecule has 1 aliphatic rings. The first kappa shape index (κ1) is 21.4. The van der Waals surface area contributed by atoms with Gasteiger partial charge in [-0.25, -0.2) is 9.97 Å². The number of methoxy groups -OCH3 is 1. The van der Waals surface area contributed by atoms with Gasteiger partial charge in [0, 0.05) is 30.0 Å². The Kier molecular flexibility index (Phi) is 5.88. The number of ether oxygens (including phenoxy) is 1. The summed E-state index contributed by atoms with van der Waals surface area (Å²) in [4.78, 5) is 37.6. The van der Waals surface area contributed by atoms with Crippen LogP contribution in [-0.4, -0.2) is 32.7 Å². The van der Waals surface area contributed by atoms with E-state index in [4.69, 9.17) is 9.72 Å². The molecule has 4 aromatic heterocycles. The highest BCUT2D eigenvalue weighted by atomic mass is 32.2. The van der Waals surface area contributed by atoms with Gasteiger partial charge in [0.25, 0.3) is 11.1 Å². The van der Waals surface area contributed by atoms with Crippen LogP contribution in [-0.2, 0) is 29.9 Å². The smallest absolute Gasteiger partial charge is 0.263 e. The van der Waals surface area contributed by atoms with Gasteiger partial charge in [-0.2, -0.15) is 0 Å². The van der Waals surface area contributed by atoms with E-state index >= 15 is 0 Å². The van der Waals surface area contributed by atoms with Crippen molar-refractivity contribution in [3.05, 3.63) is 66.8 Å². The standard InChI is InChI=1S/C23H24N4O3S2/c1-14-7-8-26-18(11-14)24-15(12-19(26)28)13-31-23-25-21-20(22(29)27(23)9-10-30-2)16-5-3-4-6-17(16)32-21/h7-8,11-12H,3-6,9-10,13H2,1-2H3. The van der Waals surface area contributed by atoms with Gasteiger partial charge < -0.3 is 4.74 Å². The molecule has 0 fully saturated rings. The minimum atomic E-state index is -0.114. The summed E-state index contributed by atoms with van der Waals surface area (Å²) in [5.41, 5.74) is 3.43. The maximum atomic E-state index is 13.5. The highest BCUT2D eigenvalue weighted by molar-refractivity contribution is 7.98. The number of thiophene rings is 1. The summed E-state index contributed by atoms with van der Waals surface area (Å²) in [6.45, 7) is 2.85. The number of fused-ring (bicyclic) bond motifs is 4. The Morgan fingerprint density at radius 2 is 2.03 bits per heavy atom. The van der Waals surface area contributed by atoms with Crippen LogP contribution in [0.25, 0.3) is 15.9 Å².